The quantitative estimate of drug-likeness (QED) is 0.517. The Morgan fingerprint density at radius 1 is 1.03 bits per heavy atom. The summed E-state index contributed by atoms with van der Waals surface area (Å²) in [5.41, 5.74) is -0.379. The summed E-state index contributed by atoms with van der Waals surface area (Å²) in [4.78, 5) is 1.92. The van der Waals surface area contributed by atoms with Crippen molar-refractivity contribution < 1.29 is 35.1 Å². The van der Waals surface area contributed by atoms with E-state index in [1.807, 2.05) is 4.90 Å². The summed E-state index contributed by atoms with van der Waals surface area (Å²) < 4.78 is 98.2. The highest BCUT2D eigenvalue weighted by Gasteiger charge is 2.42. The minimum absolute atomic E-state index is 0.149. The fraction of sp³-hybridized carbons (Fsp3) is 0.500. The third kappa shape index (κ3) is 5.95. The molecule has 5 nitrogen and oxygen atoms in total. The second kappa shape index (κ2) is 9.33. The van der Waals surface area contributed by atoms with Crippen molar-refractivity contribution in [2.45, 2.75) is 44.0 Å². The number of piperidine rings is 1. The van der Waals surface area contributed by atoms with Crippen molar-refractivity contribution in [3.05, 3.63) is 64.7 Å². The Hall–Kier alpha value is -2.24. The molecule has 0 amide bonds. The Balaban J connectivity index is 1.35. The van der Waals surface area contributed by atoms with Gasteiger partial charge < -0.3 is 4.74 Å². The summed E-state index contributed by atoms with van der Waals surface area (Å²) in [6.07, 6.45) is -2.30. The number of alkyl halides is 3. The molecule has 2 saturated heterocycles. The molecule has 0 atom stereocenters. The van der Waals surface area contributed by atoms with Crippen molar-refractivity contribution in [3.63, 3.8) is 0 Å². The molecule has 2 aliphatic rings. The van der Waals surface area contributed by atoms with Crippen LogP contribution >= 0.6 is 0 Å². The van der Waals surface area contributed by atoms with E-state index in [0.29, 0.717) is 56.7 Å². The summed E-state index contributed by atoms with van der Waals surface area (Å²) in [5.74, 6) is -2.23. The van der Waals surface area contributed by atoms with Gasteiger partial charge in [0.2, 0.25) is 10.0 Å². The molecule has 0 spiro atoms. The first-order valence-electron chi connectivity index (χ1n) is 11.3. The lowest BCUT2D eigenvalue weighted by atomic mass is 9.90. The maximum Gasteiger partial charge on any atom is 0.416 e. The number of benzene rings is 2. The van der Waals surface area contributed by atoms with Crippen LogP contribution in [0.15, 0.2) is 36.4 Å². The van der Waals surface area contributed by atoms with Crippen LogP contribution in [-0.2, 0) is 22.7 Å². The number of ether oxygens (including phenoxy) is 1. The van der Waals surface area contributed by atoms with Gasteiger partial charge in [-0.2, -0.15) is 13.2 Å². The van der Waals surface area contributed by atoms with E-state index in [2.05, 4.69) is 0 Å². The van der Waals surface area contributed by atoms with Crippen LogP contribution in [0.5, 0.6) is 5.75 Å². The van der Waals surface area contributed by atoms with Crippen molar-refractivity contribution in [1.82, 2.24) is 9.21 Å². The molecule has 2 aliphatic heterocycles. The van der Waals surface area contributed by atoms with E-state index in [0.717, 1.165) is 18.4 Å². The van der Waals surface area contributed by atoms with Crippen molar-refractivity contribution >= 4 is 10.0 Å². The van der Waals surface area contributed by atoms with Crippen molar-refractivity contribution in [1.29, 1.82) is 0 Å². The minimum Gasteiger partial charge on any atom is -0.479 e. The van der Waals surface area contributed by atoms with E-state index in [1.165, 1.54) is 28.6 Å². The summed E-state index contributed by atoms with van der Waals surface area (Å²) in [7, 11) is -3.29. The van der Waals surface area contributed by atoms with Crippen LogP contribution in [0.2, 0.25) is 0 Å². The lowest BCUT2D eigenvalue weighted by Crippen LogP contribution is -2.62. The van der Waals surface area contributed by atoms with Gasteiger partial charge in [-0.05, 0) is 61.1 Å². The highest BCUT2D eigenvalue weighted by molar-refractivity contribution is 7.88. The van der Waals surface area contributed by atoms with Crippen LogP contribution in [-0.4, -0.2) is 55.7 Å². The van der Waals surface area contributed by atoms with E-state index < -0.39 is 44.7 Å². The Kier molecular flexibility index (Phi) is 6.89. The molecule has 0 N–H and O–H groups in total. The van der Waals surface area contributed by atoms with Crippen LogP contribution in [0.4, 0.5) is 22.0 Å². The van der Waals surface area contributed by atoms with E-state index in [4.69, 9.17) is 4.74 Å². The molecule has 0 bridgehead atoms. The molecular formula is C24H27F5N2O3S. The Morgan fingerprint density at radius 2 is 1.57 bits per heavy atom. The molecule has 0 unspecified atom stereocenters. The first-order valence-corrected chi connectivity index (χ1v) is 13.1. The molecule has 2 heterocycles. The van der Waals surface area contributed by atoms with Gasteiger partial charge in [0.1, 0.15) is 5.60 Å². The number of hydrogen-bond acceptors (Lipinski definition) is 4. The molecule has 0 aromatic heterocycles. The number of rotatable bonds is 6. The van der Waals surface area contributed by atoms with Gasteiger partial charge in [0.25, 0.3) is 0 Å². The molecule has 35 heavy (non-hydrogen) atoms. The molecule has 4 rings (SSSR count). The third-order valence-electron chi connectivity index (χ3n) is 6.57. The van der Waals surface area contributed by atoms with Gasteiger partial charge in [-0.15, -0.1) is 0 Å². The van der Waals surface area contributed by atoms with E-state index in [-0.39, 0.29) is 5.92 Å². The zero-order chi connectivity index (χ0) is 25.6. The van der Waals surface area contributed by atoms with E-state index in [9.17, 15) is 30.4 Å². The van der Waals surface area contributed by atoms with Crippen molar-refractivity contribution in [2.24, 2.45) is 0 Å². The molecule has 0 saturated carbocycles. The smallest absolute Gasteiger partial charge is 0.416 e. The zero-order valence-electron chi connectivity index (χ0n) is 19.4. The van der Waals surface area contributed by atoms with Crippen LogP contribution < -0.4 is 4.74 Å². The third-order valence-corrected chi connectivity index (χ3v) is 7.87. The SMILES string of the molecule is CC1(Oc2c(F)cc(C3CCN(S(C)(=O)=O)CC3)cc2F)CN(Cc2ccc(C(F)(F)F)cc2)C1. The highest BCUT2D eigenvalue weighted by atomic mass is 32.2. The van der Waals surface area contributed by atoms with Crippen LogP contribution in [0.1, 0.15) is 42.4 Å². The average molecular weight is 519 g/mol. The van der Waals surface area contributed by atoms with Gasteiger partial charge in [-0.3, -0.25) is 4.90 Å². The molecule has 0 aliphatic carbocycles. The number of nitrogens with zero attached hydrogens (tertiary/aromatic N) is 2. The Labute approximate surface area is 201 Å². The minimum atomic E-state index is -4.39. The molecule has 11 heteroatoms. The van der Waals surface area contributed by atoms with Gasteiger partial charge >= 0.3 is 6.18 Å². The predicted octanol–water partition coefficient (Wildman–Crippen LogP) is 4.78. The fourth-order valence-electron chi connectivity index (χ4n) is 4.81. The second-order valence-electron chi connectivity index (χ2n) is 9.64. The monoisotopic (exact) mass is 518 g/mol. The molecule has 2 fully saturated rings. The van der Waals surface area contributed by atoms with Crippen molar-refractivity contribution in [3.8, 4) is 5.75 Å². The summed E-state index contributed by atoms with van der Waals surface area (Å²) in [5, 5.41) is 0. The molecular weight excluding hydrogens is 491 g/mol. The van der Waals surface area contributed by atoms with Crippen LogP contribution in [0.3, 0.4) is 0 Å². The van der Waals surface area contributed by atoms with E-state index >= 15 is 0 Å². The topological polar surface area (TPSA) is 49.9 Å². The largest absolute Gasteiger partial charge is 0.479 e. The van der Waals surface area contributed by atoms with Gasteiger partial charge in [0.15, 0.2) is 17.4 Å². The lowest BCUT2D eigenvalue weighted by Gasteiger charge is -2.47. The van der Waals surface area contributed by atoms with Crippen LogP contribution in [0, 0.1) is 11.6 Å². The summed E-state index contributed by atoms with van der Waals surface area (Å²) in [6.45, 7) is 3.45. The maximum absolute atomic E-state index is 14.8. The average Bonchev–Trinajstić information content (AvgIpc) is 2.74. The van der Waals surface area contributed by atoms with Crippen molar-refractivity contribution in [2.75, 3.05) is 32.4 Å². The summed E-state index contributed by atoms with van der Waals surface area (Å²) >= 11 is 0. The number of hydrogen-bond donors (Lipinski definition) is 0. The highest BCUT2D eigenvalue weighted by Crippen LogP contribution is 2.36. The predicted molar refractivity (Wildman–Crippen MR) is 121 cm³/mol. The number of sulfonamides is 1. The van der Waals surface area contributed by atoms with E-state index in [1.54, 1.807) is 6.92 Å². The molecule has 192 valence electrons. The number of likely N-dealkylation sites (tertiary alicyclic amines) is 1. The summed E-state index contributed by atoms with van der Waals surface area (Å²) in [6, 6.07) is 7.39. The molecule has 0 radical (unpaired) electrons. The standard InChI is InChI=1S/C24H27F5N2O3S/c1-23(14-30(15-23)13-16-3-5-19(6-4-16)24(27,28)29)34-22-20(25)11-18(12-21(22)26)17-7-9-31(10-8-17)35(2,32)33/h3-6,11-12,17H,7-10,13-15H2,1-2H3. The van der Waals surface area contributed by atoms with Gasteiger partial charge in [-0.25, -0.2) is 21.5 Å². The van der Waals surface area contributed by atoms with Gasteiger partial charge in [-0.1, -0.05) is 12.1 Å². The first kappa shape index (κ1) is 25.8. The lowest BCUT2D eigenvalue weighted by molar-refractivity contribution is -0.137. The fourth-order valence-corrected chi connectivity index (χ4v) is 5.69. The van der Waals surface area contributed by atoms with Gasteiger partial charge in [0, 0.05) is 32.7 Å². The Bertz CT molecular complexity index is 1150. The number of halogens is 5. The second-order valence-corrected chi connectivity index (χ2v) is 11.6. The molecule has 2 aromatic rings. The zero-order valence-corrected chi connectivity index (χ0v) is 20.2. The van der Waals surface area contributed by atoms with Gasteiger partial charge in [0.05, 0.1) is 11.8 Å². The normalized spacial score (nSPS) is 20.0. The first-order chi connectivity index (χ1) is 16.2. The maximum atomic E-state index is 14.8. The molecule has 2 aromatic carbocycles. The van der Waals surface area contributed by atoms with Crippen LogP contribution in [0.25, 0.3) is 0 Å². The Morgan fingerprint density at radius 3 is 2.06 bits per heavy atom.